The lowest BCUT2D eigenvalue weighted by Crippen LogP contribution is -2.18. The summed E-state index contributed by atoms with van der Waals surface area (Å²) >= 11 is 15.3. The molecule has 0 radical (unpaired) electrons. The Morgan fingerprint density at radius 1 is 1.33 bits per heavy atom. The molecule has 3 nitrogen and oxygen atoms in total. The van der Waals surface area contributed by atoms with Crippen molar-refractivity contribution in [2.75, 3.05) is 11.9 Å². The average Bonchev–Trinajstić information content (AvgIpc) is 2.32. The van der Waals surface area contributed by atoms with Crippen molar-refractivity contribution in [2.45, 2.75) is 6.54 Å². The molecule has 0 aliphatic heterocycles. The summed E-state index contributed by atoms with van der Waals surface area (Å²) in [6.45, 7) is 0.687. The van der Waals surface area contributed by atoms with Crippen LogP contribution in [0.15, 0.2) is 34.9 Å². The van der Waals surface area contributed by atoms with Crippen molar-refractivity contribution in [3.8, 4) is 0 Å². The standard InChI is InChI=1S/C12H10BrCl2N3/c1-18(7-8-3-2-4-9(13)5-8)11-10(14)6-16-12(15)17-11/h2-6H,7H2,1H3. The van der Waals surface area contributed by atoms with E-state index in [1.54, 1.807) is 0 Å². The van der Waals surface area contributed by atoms with E-state index in [1.807, 2.05) is 36.2 Å². The van der Waals surface area contributed by atoms with Crippen LogP contribution in [0.2, 0.25) is 10.3 Å². The number of rotatable bonds is 3. The predicted molar refractivity (Wildman–Crippen MR) is 78.3 cm³/mol. The highest BCUT2D eigenvalue weighted by molar-refractivity contribution is 9.10. The van der Waals surface area contributed by atoms with Gasteiger partial charge in [-0.3, -0.25) is 0 Å². The Balaban J connectivity index is 2.21. The highest BCUT2D eigenvalue weighted by Gasteiger charge is 2.10. The van der Waals surface area contributed by atoms with E-state index in [0.29, 0.717) is 17.4 Å². The molecule has 0 atom stereocenters. The molecule has 0 N–H and O–H groups in total. The Morgan fingerprint density at radius 2 is 2.11 bits per heavy atom. The van der Waals surface area contributed by atoms with Crippen molar-refractivity contribution in [1.29, 1.82) is 0 Å². The monoisotopic (exact) mass is 345 g/mol. The van der Waals surface area contributed by atoms with Gasteiger partial charge in [-0.1, -0.05) is 39.7 Å². The van der Waals surface area contributed by atoms with Crippen molar-refractivity contribution in [1.82, 2.24) is 9.97 Å². The van der Waals surface area contributed by atoms with Gasteiger partial charge in [0.05, 0.1) is 6.20 Å². The minimum atomic E-state index is 0.190. The lowest BCUT2D eigenvalue weighted by molar-refractivity contribution is 0.890. The van der Waals surface area contributed by atoms with E-state index >= 15 is 0 Å². The van der Waals surface area contributed by atoms with Gasteiger partial charge >= 0.3 is 0 Å². The Morgan fingerprint density at radius 3 is 2.83 bits per heavy atom. The van der Waals surface area contributed by atoms with Crippen LogP contribution in [-0.2, 0) is 6.54 Å². The fourth-order valence-electron chi connectivity index (χ4n) is 1.59. The molecule has 94 valence electrons. The average molecular weight is 347 g/mol. The first-order chi connectivity index (χ1) is 8.56. The van der Waals surface area contributed by atoms with E-state index < -0.39 is 0 Å². The maximum Gasteiger partial charge on any atom is 0.224 e. The summed E-state index contributed by atoms with van der Waals surface area (Å²) in [5.74, 6) is 0.622. The number of aromatic nitrogens is 2. The number of benzene rings is 1. The molecule has 0 amide bonds. The zero-order valence-electron chi connectivity index (χ0n) is 9.57. The molecule has 0 bridgehead atoms. The molecule has 2 aromatic rings. The summed E-state index contributed by atoms with van der Waals surface area (Å²) in [6, 6.07) is 8.06. The predicted octanol–water partition coefficient (Wildman–Crippen LogP) is 4.18. The van der Waals surface area contributed by atoms with Crippen LogP contribution in [0.25, 0.3) is 0 Å². The zero-order valence-corrected chi connectivity index (χ0v) is 12.7. The maximum absolute atomic E-state index is 6.05. The second kappa shape index (κ2) is 5.87. The van der Waals surface area contributed by atoms with Gasteiger partial charge < -0.3 is 4.90 Å². The summed E-state index contributed by atoms with van der Waals surface area (Å²) < 4.78 is 1.04. The molecular weight excluding hydrogens is 337 g/mol. The molecule has 0 fully saturated rings. The fourth-order valence-corrected chi connectivity index (χ4v) is 2.40. The lowest BCUT2D eigenvalue weighted by Gasteiger charge is -2.19. The lowest BCUT2D eigenvalue weighted by atomic mass is 10.2. The number of halogens is 3. The van der Waals surface area contributed by atoms with Crippen LogP contribution in [0, 0.1) is 0 Å². The number of nitrogens with zero attached hydrogens (tertiary/aromatic N) is 3. The zero-order chi connectivity index (χ0) is 13.1. The van der Waals surface area contributed by atoms with Crippen LogP contribution < -0.4 is 4.90 Å². The molecule has 2 rings (SSSR count). The molecule has 0 unspecified atom stereocenters. The van der Waals surface area contributed by atoms with E-state index in [2.05, 4.69) is 25.9 Å². The quantitative estimate of drug-likeness (QED) is 0.780. The van der Waals surface area contributed by atoms with Gasteiger partial charge in [0, 0.05) is 18.1 Å². The SMILES string of the molecule is CN(Cc1cccc(Br)c1)c1nc(Cl)ncc1Cl. The van der Waals surface area contributed by atoms with Gasteiger partial charge in [0.25, 0.3) is 0 Å². The maximum atomic E-state index is 6.05. The summed E-state index contributed by atoms with van der Waals surface area (Å²) in [6.07, 6.45) is 1.50. The first-order valence-corrected chi connectivity index (χ1v) is 6.75. The molecule has 1 aromatic heterocycles. The van der Waals surface area contributed by atoms with Gasteiger partial charge in [-0.15, -0.1) is 0 Å². The van der Waals surface area contributed by atoms with Crippen LogP contribution in [0.3, 0.4) is 0 Å². The summed E-state index contributed by atoms with van der Waals surface area (Å²) in [7, 11) is 1.91. The van der Waals surface area contributed by atoms with Gasteiger partial charge in [0.2, 0.25) is 5.28 Å². The van der Waals surface area contributed by atoms with Gasteiger partial charge in [-0.2, -0.15) is 4.98 Å². The largest absolute Gasteiger partial charge is 0.354 e. The number of anilines is 1. The molecule has 1 aromatic carbocycles. The van der Waals surface area contributed by atoms with E-state index in [1.165, 1.54) is 6.20 Å². The first kappa shape index (κ1) is 13.6. The van der Waals surface area contributed by atoms with E-state index in [0.717, 1.165) is 10.0 Å². The van der Waals surface area contributed by atoms with Gasteiger partial charge in [0.15, 0.2) is 5.82 Å². The number of hydrogen-bond acceptors (Lipinski definition) is 3. The van der Waals surface area contributed by atoms with Crippen molar-refractivity contribution in [3.05, 3.63) is 50.8 Å². The molecule has 0 aliphatic rings. The highest BCUT2D eigenvalue weighted by Crippen LogP contribution is 2.24. The van der Waals surface area contributed by atoms with Gasteiger partial charge in [-0.05, 0) is 29.3 Å². The molecule has 0 spiro atoms. The van der Waals surface area contributed by atoms with Crippen molar-refractivity contribution < 1.29 is 0 Å². The second-order valence-electron chi connectivity index (χ2n) is 3.80. The molecule has 0 saturated carbocycles. The van der Waals surface area contributed by atoms with Crippen LogP contribution in [0.4, 0.5) is 5.82 Å². The van der Waals surface area contributed by atoms with Crippen LogP contribution in [-0.4, -0.2) is 17.0 Å². The molecule has 6 heteroatoms. The fraction of sp³-hybridized carbons (Fsp3) is 0.167. The van der Waals surface area contributed by atoms with Crippen molar-refractivity contribution in [3.63, 3.8) is 0 Å². The van der Waals surface area contributed by atoms with Crippen molar-refractivity contribution in [2.24, 2.45) is 0 Å². The van der Waals surface area contributed by atoms with Gasteiger partial charge in [-0.25, -0.2) is 4.98 Å². The summed E-state index contributed by atoms with van der Waals surface area (Å²) in [5, 5.41) is 0.674. The third kappa shape index (κ3) is 3.34. The third-order valence-electron chi connectivity index (χ3n) is 2.37. The third-order valence-corrected chi connectivity index (χ3v) is 3.31. The highest BCUT2D eigenvalue weighted by atomic mass is 79.9. The Hall–Kier alpha value is -0.840. The van der Waals surface area contributed by atoms with E-state index in [-0.39, 0.29) is 5.28 Å². The second-order valence-corrected chi connectivity index (χ2v) is 5.46. The van der Waals surface area contributed by atoms with Gasteiger partial charge in [0.1, 0.15) is 5.02 Å². The minimum absolute atomic E-state index is 0.190. The summed E-state index contributed by atoms with van der Waals surface area (Å²) in [5.41, 5.74) is 1.15. The molecule has 18 heavy (non-hydrogen) atoms. The molecule has 0 aliphatic carbocycles. The first-order valence-electron chi connectivity index (χ1n) is 5.20. The molecule has 1 heterocycles. The van der Waals surface area contributed by atoms with Crippen LogP contribution in [0.1, 0.15) is 5.56 Å². The van der Waals surface area contributed by atoms with Crippen molar-refractivity contribution >= 4 is 44.9 Å². The minimum Gasteiger partial charge on any atom is -0.354 e. The topological polar surface area (TPSA) is 29.0 Å². The smallest absolute Gasteiger partial charge is 0.224 e. The van der Waals surface area contributed by atoms with E-state index in [9.17, 15) is 0 Å². The molecule has 0 saturated heterocycles. The Bertz CT molecular complexity index is 563. The van der Waals surface area contributed by atoms with Crippen LogP contribution in [0.5, 0.6) is 0 Å². The normalized spacial score (nSPS) is 10.4. The summed E-state index contributed by atoms with van der Waals surface area (Å²) in [4.78, 5) is 9.89. The Labute approximate surface area is 124 Å². The number of hydrogen-bond donors (Lipinski definition) is 0. The van der Waals surface area contributed by atoms with E-state index in [4.69, 9.17) is 23.2 Å². The Kier molecular flexibility index (Phi) is 4.43. The van der Waals surface area contributed by atoms with Crippen LogP contribution >= 0.6 is 39.1 Å². The molecular formula is C12H10BrCl2N3.